The van der Waals surface area contributed by atoms with E-state index >= 15 is 0 Å². The van der Waals surface area contributed by atoms with E-state index in [2.05, 4.69) is 45.3 Å². The van der Waals surface area contributed by atoms with Crippen LogP contribution in [-0.2, 0) is 0 Å². The molecule has 0 spiro atoms. The van der Waals surface area contributed by atoms with E-state index in [1.54, 1.807) is 0 Å². The van der Waals surface area contributed by atoms with Gasteiger partial charge in [-0.3, -0.25) is 0 Å². The highest BCUT2D eigenvalue weighted by atomic mass is 15.0. The fourth-order valence-electron chi connectivity index (χ4n) is 3.50. The third kappa shape index (κ3) is 6.76. The molecule has 19 heavy (non-hydrogen) atoms. The van der Waals surface area contributed by atoms with Crippen molar-refractivity contribution < 1.29 is 0 Å². The van der Waals surface area contributed by atoms with Crippen LogP contribution in [0.5, 0.6) is 0 Å². The summed E-state index contributed by atoms with van der Waals surface area (Å²) < 4.78 is 0. The summed E-state index contributed by atoms with van der Waals surface area (Å²) >= 11 is 0. The quantitative estimate of drug-likeness (QED) is 0.664. The molecule has 2 nitrogen and oxygen atoms in total. The maximum atomic E-state index is 3.78. The van der Waals surface area contributed by atoms with Gasteiger partial charge in [-0.1, -0.05) is 40.5 Å². The van der Waals surface area contributed by atoms with Crippen molar-refractivity contribution in [2.45, 2.75) is 72.8 Å². The summed E-state index contributed by atoms with van der Waals surface area (Å²) in [5.41, 5.74) is 0.598. The van der Waals surface area contributed by atoms with E-state index in [0.717, 1.165) is 24.9 Å². The molecular weight excluding hydrogens is 232 g/mol. The standard InChI is InChI=1S/C17H36N2/c1-14(2)10-17(8-6-7-9-17)13-19-16(5)12-18-11-15(3)4/h14-16,18-19H,6-13H2,1-5H3. The summed E-state index contributed by atoms with van der Waals surface area (Å²) in [6, 6.07) is 0.586. The van der Waals surface area contributed by atoms with E-state index in [0.29, 0.717) is 11.5 Å². The molecule has 0 heterocycles. The van der Waals surface area contributed by atoms with E-state index in [-0.39, 0.29) is 0 Å². The highest BCUT2D eigenvalue weighted by molar-refractivity contribution is 4.88. The zero-order valence-corrected chi connectivity index (χ0v) is 13.9. The van der Waals surface area contributed by atoms with Crippen molar-refractivity contribution in [2.75, 3.05) is 19.6 Å². The maximum Gasteiger partial charge on any atom is 0.0164 e. The third-order valence-electron chi connectivity index (χ3n) is 4.33. The van der Waals surface area contributed by atoms with Gasteiger partial charge in [-0.25, -0.2) is 0 Å². The van der Waals surface area contributed by atoms with Crippen molar-refractivity contribution in [3.05, 3.63) is 0 Å². The van der Waals surface area contributed by atoms with E-state index in [1.807, 2.05) is 0 Å². The van der Waals surface area contributed by atoms with Gasteiger partial charge in [0.2, 0.25) is 0 Å². The Bertz CT molecular complexity index is 229. The van der Waals surface area contributed by atoms with Crippen LogP contribution in [0.2, 0.25) is 0 Å². The molecule has 1 unspecified atom stereocenters. The lowest BCUT2D eigenvalue weighted by Gasteiger charge is -2.33. The van der Waals surface area contributed by atoms with Crippen LogP contribution in [0.1, 0.15) is 66.7 Å². The fourth-order valence-corrected chi connectivity index (χ4v) is 3.50. The molecule has 0 aromatic carbocycles. The average Bonchev–Trinajstić information content (AvgIpc) is 2.74. The van der Waals surface area contributed by atoms with Gasteiger partial charge in [-0.15, -0.1) is 0 Å². The first kappa shape index (κ1) is 17.0. The molecule has 0 saturated heterocycles. The average molecular weight is 268 g/mol. The molecule has 1 aliphatic carbocycles. The second-order valence-corrected chi connectivity index (χ2v) is 7.64. The van der Waals surface area contributed by atoms with Crippen LogP contribution >= 0.6 is 0 Å². The van der Waals surface area contributed by atoms with E-state index in [1.165, 1.54) is 38.6 Å². The van der Waals surface area contributed by atoms with Crippen LogP contribution in [-0.4, -0.2) is 25.7 Å². The van der Waals surface area contributed by atoms with Crippen molar-refractivity contribution in [3.8, 4) is 0 Å². The topological polar surface area (TPSA) is 24.1 Å². The Balaban J connectivity index is 2.27. The van der Waals surface area contributed by atoms with Gasteiger partial charge in [-0.05, 0) is 50.0 Å². The van der Waals surface area contributed by atoms with Crippen LogP contribution in [0.15, 0.2) is 0 Å². The highest BCUT2D eigenvalue weighted by Gasteiger charge is 2.34. The monoisotopic (exact) mass is 268 g/mol. The molecule has 1 saturated carbocycles. The predicted molar refractivity (Wildman–Crippen MR) is 85.5 cm³/mol. The maximum absolute atomic E-state index is 3.78. The molecule has 1 aliphatic rings. The molecule has 0 aromatic heterocycles. The lowest BCUT2D eigenvalue weighted by molar-refractivity contribution is 0.216. The Morgan fingerprint density at radius 3 is 2.05 bits per heavy atom. The lowest BCUT2D eigenvalue weighted by Crippen LogP contribution is -2.43. The van der Waals surface area contributed by atoms with E-state index < -0.39 is 0 Å². The molecule has 0 aromatic rings. The molecule has 1 fully saturated rings. The Morgan fingerprint density at radius 1 is 0.895 bits per heavy atom. The zero-order valence-electron chi connectivity index (χ0n) is 13.9. The Hall–Kier alpha value is -0.0800. The second-order valence-electron chi connectivity index (χ2n) is 7.64. The highest BCUT2D eigenvalue weighted by Crippen LogP contribution is 2.42. The summed E-state index contributed by atoms with van der Waals surface area (Å²) in [5.74, 6) is 1.57. The first-order valence-corrected chi connectivity index (χ1v) is 8.38. The van der Waals surface area contributed by atoms with Gasteiger partial charge in [0.15, 0.2) is 0 Å². The molecular formula is C17H36N2. The van der Waals surface area contributed by atoms with E-state index in [4.69, 9.17) is 0 Å². The van der Waals surface area contributed by atoms with Crippen molar-refractivity contribution in [1.29, 1.82) is 0 Å². The number of hydrogen-bond acceptors (Lipinski definition) is 2. The Labute approximate surface area is 121 Å². The second kappa shape index (κ2) is 8.26. The number of nitrogens with one attached hydrogen (secondary N) is 2. The fraction of sp³-hybridized carbons (Fsp3) is 1.00. The Kier molecular flexibility index (Phi) is 7.38. The predicted octanol–water partition coefficient (Wildman–Crippen LogP) is 3.82. The summed E-state index contributed by atoms with van der Waals surface area (Å²) in [7, 11) is 0. The molecule has 0 aliphatic heterocycles. The first-order chi connectivity index (χ1) is 8.93. The summed E-state index contributed by atoms with van der Waals surface area (Å²) in [4.78, 5) is 0. The summed E-state index contributed by atoms with van der Waals surface area (Å²) in [6.45, 7) is 15.0. The van der Waals surface area contributed by atoms with Gasteiger partial charge in [-0.2, -0.15) is 0 Å². The molecule has 1 rings (SSSR count). The van der Waals surface area contributed by atoms with Gasteiger partial charge in [0.05, 0.1) is 0 Å². The summed E-state index contributed by atoms with van der Waals surface area (Å²) in [6.07, 6.45) is 7.14. The van der Waals surface area contributed by atoms with Gasteiger partial charge < -0.3 is 10.6 Å². The number of hydrogen-bond donors (Lipinski definition) is 2. The molecule has 1 atom stereocenters. The van der Waals surface area contributed by atoms with Crippen LogP contribution < -0.4 is 10.6 Å². The minimum atomic E-state index is 0.586. The first-order valence-electron chi connectivity index (χ1n) is 8.38. The van der Waals surface area contributed by atoms with Gasteiger partial charge >= 0.3 is 0 Å². The van der Waals surface area contributed by atoms with Crippen LogP contribution in [0, 0.1) is 17.3 Å². The molecule has 114 valence electrons. The smallest absolute Gasteiger partial charge is 0.0164 e. The van der Waals surface area contributed by atoms with Crippen LogP contribution in [0.4, 0.5) is 0 Å². The largest absolute Gasteiger partial charge is 0.315 e. The van der Waals surface area contributed by atoms with E-state index in [9.17, 15) is 0 Å². The third-order valence-corrected chi connectivity index (χ3v) is 4.33. The van der Waals surface area contributed by atoms with Gasteiger partial charge in [0, 0.05) is 19.1 Å². The zero-order chi connectivity index (χ0) is 14.3. The van der Waals surface area contributed by atoms with Crippen LogP contribution in [0.3, 0.4) is 0 Å². The SMILES string of the molecule is CC(C)CNCC(C)NCC1(CC(C)C)CCCC1. The molecule has 0 amide bonds. The molecule has 0 radical (unpaired) electrons. The Morgan fingerprint density at radius 2 is 1.53 bits per heavy atom. The van der Waals surface area contributed by atoms with Crippen LogP contribution in [0.25, 0.3) is 0 Å². The summed E-state index contributed by atoms with van der Waals surface area (Å²) in [5, 5.41) is 7.33. The van der Waals surface area contributed by atoms with Crippen molar-refractivity contribution >= 4 is 0 Å². The minimum absolute atomic E-state index is 0.586. The van der Waals surface area contributed by atoms with Crippen molar-refractivity contribution in [2.24, 2.45) is 17.3 Å². The molecule has 2 heteroatoms. The van der Waals surface area contributed by atoms with Crippen molar-refractivity contribution in [1.82, 2.24) is 10.6 Å². The normalized spacial score (nSPS) is 20.4. The molecule has 0 bridgehead atoms. The van der Waals surface area contributed by atoms with Gasteiger partial charge in [0.25, 0.3) is 0 Å². The van der Waals surface area contributed by atoms with Crippen molar-refractivity contribution in [3.63, 3.8) is 0 Å². The number of rotatable bonds is 9. The lowest BCUT2D eigenvalue weighted by atomic mass is 9.78. The molecule has 2 N–H and O–H groups in total. The minimum Gasteiger partial charge on any atom is -0.315 e. The van der Waals surface area contributed by atoms with Gasteiger partial charge in [0.1, 0.15) is 0 Å².